The summed E-state index contributed by atoms with van der Waals surface area (Å²) >= 11 is 0. The monoisotopic (exact) mass is 426 g/mol. The molecule has 1 amide bonds. The molecule has 0 radical (unpaired) electrons. The maximum Gasteiger partial charge on any atom is 0.407 e. The first kappa shape index (κ1) is 21.3. The van der Waals surface area contributed by atoms with Crippen molar-refractivity contribution in [1.29, 1.82) is 0 Å². The van der Waals surface area contributed by atoms with Crippen LogP contribution in [0.2, 0.25) is 0 Å². The zero-order chi connectivity index (χ0) is 15.7. The maximum absolute atomic E-state index is 11.5. The van der Waals surface area contributed by atoms with Crippen LogP contribution in [0.5, 0.6) is 0 Å². The number of hydrogen-bond acceptors (Lipinski definition) is 3. The summed E-state index contributed by atoms with van der Waals surface area (Å²) in [5, 5.41) is 9.24. The van der Waals surface area contributed by atoms with Gasteiger partial charge in [0.15, 0.2) is 5.96 Å². The second-order valence-electron chi connectivity index (χ2n) is 6.37. The number of halogens is 1. The third kappa shape index (κ3) is 11.9. The molecule has 0 aromatic carbocycles. The lowest BCUT2D eigenvalue weighted by Gasteiger charge is -2.19. The van der Waals surface area contributed by atoms with Gasteiger partial charge < -0.3 is 20.7 Å². The molecule has 130 valence electrons. The van der Waals surface area contributed by atoms with Crippen LogP contribution in [0, 0.1) is 5.92 Å². The van der Waals surface area contributed by atoms with Crippen LogP contribution >= 0.6 is 24.0 Å². The predicted octanol–water partition coefficient (Wildman–Crippen LogP) is 2.48. The molecule has 0 atom stereocenters. The Hall–Kier alpha value is -0.730. The average molecular weight is 426 g/mol. The van der Waals surface area contributed by atoms with Crippen LogP contribution in [-0.4, -0.2) is 43.8 Å². The zero-order valence-electron chi connectivity index (χ0n) is 14.2. The number of nitrogens with zero attached hydrogens (tertiary/aromatic N) is 1. The summed E-state index contributed by atoms with van der Waals surface area (Å²) in [6, 6.07) is 0. The van der Waals surface area contributed by atoms with Gasteiger partial charge in [-0.2, -0.15) is 0 Å². The van der Waals surface area contributed by atoms with Crippen LogP contribution in [0.4, 0.5) is 4.79 Å². The van der Waals surface area contributed by atoms with Gasteiger partial charge in [-0.1, -0.05) is 0 Å². The fourth-order valence-electron chi connectivity index (χ4n) is 1.66. The average Bonchev–Trinajstić information content (AvgIpc) is 3.17. The number of carbonyl (C=O) groups is 1. The number of carbonyl (C=O) groups excluding carboxylic acids is 1. The van der Waals surface area contributed by atoms with Crippen molar-refractivity contribution in [3.8, 4) is 0 Å². The number of rotatable bonds is 7. The summed E-state index contributed by atoms with van der Waals surface area (Å²) in [6.07, 6.45) is 3.08. The highest BCUT2D eigenvalue weighted by Gasteiger charge is 2.20. The van der Waals surface area contributed by atoms with Gasteiger partial charge in [0.1, 0.15) is 5.60 Å². The van der Waals surface area contributed by atoms with Gasteiger partial charge >= 0.3 is 6.09 Å². The molecule has 0 saturated heterocycles. The van der Waals surface area contributed by atoms with Gasteiger partial charge in [-0.15, -0.1) is 24.0 Å². The van der Waals surface area contributed by atoms with Crippen molar-refractivity contribution in [3.63, 3.8) is 0 Å². The van der Waals surface area contributed by atoms with Crippen LogP contribution in [0.1, 0.15) is 47.0 Å². The number of alkyl carbamates (subject to hydrolysis) is 1. The molecule has 6 nitrogen and oxygen atoms in total. The van der Waals surface area contributed by atoms with E-state index < -0.39 is 5.60 Å². The van der Waals surface area contributed by atoms with Crippen LogP contribution in [-0.2, 0) is 4.74 Å². The molecule has 0 spiro atoms. The molecule has 0 aliphatic heterocycles. The fraction of sp³-hybridized carbons (Fsp3) is 0.867. The molecule has 1 aliphatic rings. The van der Waals surface area contributed by atoms with Gasteiger partial charge in [-0.3, -0.25) is 4.99 Å². The van der Waals surface area contributed by atoms with Gasteiger partial charge in [0.2, 0.25) is 0 Å². The summed E-state index contributed by atoms with van der Waals surface area (Å²) in [5.74, 6) is 1.65. The zero-order valence-corrected chi connectivity index (χ0v) is 16.5. The largest absolute Gasteiger partial charge is 0.444 e. The van der Waals surface area contributed by atoms with E-state index in [1.165, 1.54) is 12.8 Å². The number of amides is 1. The molecular formula is C15H31IN4O2. The number of ether oxygens (including phenoxy) is 1. The van der Waals surface area contributed by atoms with E-state index >= 15 is 0 Å². The topological polar surface area (TPSA) is 74.8 Å². The number of nitrogens with one attached hydrogen (secondary N) is 3. The van der Waals surface area contributed by atoms with Crippen molar-refractivity contribution in [3.05, 3.63) is 0 Å². The van der Waals surface area contributed by atoms with E-state index in [-0.39, 0.29) is 30.1 Å². The van der Waals surface area contributed by atoms with Gasteiger partial charge in [0, 0.05) is 26.2 Å². The number of guanidine groups is 1. The van der Waals surface area contributed by atoms with E-state index in [9.17, 15) is 4.79 Å². The Morgan fingerprint density at radius 2 is 1.82 bits per heavy atom. The maximum atomic E-state index is 11.5. The molecule has 22 heavy (non-hydrogen) atoms. The third-order valence-corrected chi connectivity index (χ3v) is 2.86. The molecule has 1 rings (SSSR count). The van der Waals surface area contributed by atoms with E-state index in [2.05, 4.69) is 27.9 Å². The van der Waals surface area contributed by atoms with E-state index in [0.717, 1.165) is 37.9 Å². The van der Waals surface area contributed by atoms with Crippen molar-refractivity contribution in [1.82, 2.24) is 16.0 Å². The molecule has 1 saturated carbocycles. The SMILES string of the molecule is CCNC(=NCC1CC1)NCCCNC(=O)OC(C)(C)C.I. The molecule has 0 heterocycles. The van der Waals surface area contributed by atoms with Crippen molar-refractivity contribution in [2.24, 2.45) is 10.9 Å². The molecule has 1 aliphatic carbocycles. The summed E-state index contributed by atoms with van der Waals surface area (Å²) < 4.78 is 5.17. The second-order valence-corrected chi connectivity index (χ2v) is 6.37. The van der Waals surface area contributed by atoms with Gasteiger partial charge in [-0.25, -0.2) is 4.79 Å². The molecular weight excluding hydrogens is 395 g/mol. The fourth-order valence-corrected chi connectivity index (χ4v) is 1.66. The Morgan fingerprint density at radius 3 is 2.36 bits per heavy atom. The number of aliphatic imine (C=N–C) groups is 1. The lowest BCUT2D eigenvalue weighted by Crippen LogP contribution is -2.39. The summed E-state index contributed by atoms with van der Waals surface area (Å²) in [4.78, 5) is 16.0. The van der Waals surface area contributed by atoms with Gasteiger partial charge in [0.25, 0.3) is 0 Å². The molecule has 0 aromatic heterocycles. The van der Waals surface area contributed by atoms with E-state index in [1.54, 1.807) is 0 Å². The Labute approximate surface area is 151 Å². The van der Waals surface area contributed by atoms with Crippen LogP contribution in [0.3, 0.4) is 0 Å². The van der Waals surface area contributed by atoms with E-state index in [1.807, 2.05) is 20.8 Å². The van der Waals surface area contributed by atoms with E-state index in [0.29, 0.717) is 6.54 Å². The Balaban J connectivity index is 0.00000441. The minimum absolute atomic E-state index is 0. The lowest BCUT2D eigenvalue weighted by atomic mass is 10.2. The third-order valence-electron chi connectivity index (χ3n) is 2.86. The standard InChI is InChI=1S/C15H30N4O2.HI/c1-5-16-13(19-11-12-7-8-12)17-9-6-10-18-14(20)21-15(2,3)4;/h12H,5-11H2,1-4H3,(H,18,20)(H2,16,17,19);1H. The van der Waals surface area contributed by atoms with Crippen LogP contribution in [0.15, 0.2) is 4.99 Å². The highest BCUT2D eigenvalue weighted by Crippen LogP contribution is 2.28. The summed E-state index contributed by atoms with van der Waals surface area (Å²) in [7, 11) is 0. The quantitative estimate of drug-likeness (QED) is 0.253. The molecule has 0 bridgehead atoms. The number of hydrogen-bond donors (Lipinski definition) is 3. The Bertz CT molecular complexity index is 352. The van der Waals surface area contributed by atoms with Gasteiger partial charge in [0.05, 0.1) is 0 Å². The molecule has 0 unspecified atom stereocenters. The first-order valence-electron chi connectivity index (χ1n) is 7.89. The normalized spacial score (nSPS) is 14.8. The molecule has 3 N–H and O–H groups in total. The highest BCUT2D eigenvalue weighted by atomic mass is 127. The minimum atomic E-state index is -0.448. The van der Waals surface area contributed by atoms with Crippen molar-refractivity contribution in [2.45, 2.75) is 52.6 Å². The Kier molecular flexibility index (Phi) is 10.5. The smallest absolute Gasteiger partial charge is 0.407 e. The molecule has 1 fully saturated rings. The summed E-state index contributed by atoms with van der Waals surface area (Å²) in [6.45, 7) is 10.7. The van der Waals surface area contributed by atoms with Crippen LogP contribution < -0.4 is 16.0 Å². The van der Waals surface area contributed by atoms with E-state index in [4.69, 9.17) is 4.74 Å². The first-order chi connectivity index (χ1) is 9.90. The van der Waals surface area contributed by atoms with Crippen molar-refractivity contribution < 1.29 is 9.53 Å². The van der Waals surface area contributed by atoms with Gasteiger partial charge in [-0.05, 0) is 52.9 Å². The first-order valence-corrected chi connectivity index (χ1v) is 7.89. The molecule has 0 aromatic rings. The highest BCUT2D eigenvalue weighted by molar-refractivity contribution is 14.0. The van der Waals surface area contributed by atoms with Crippen LogP contribution in [0.25, 0.3) is 0 Å². The Morgan fingerprint density at radius 1 is 1.18 bits per heavy atom. The molecule has 7 heteroatoms. The lowest BCUT2D eigenvalue weighted by molar-refractivity contribution is 0.0527. The van der Waals surface area contributed by atoms with Crippen molar-refractivity contribution in [2.75, 3.05) is 26.2 Å². The second kappa shape index (κ2) is 10.9. The summed E-state index contributed by atoms with van der Waals surface area (Å²) in [5.41, 5.74) is -0.448. The predicted molar refractivity (Wildman–Crippen MR) is 101 cm³/mol. The minimum Gasteiger partial charge on any atom is -0.444 e. The van der Waals surface area contributed by atoms with Crippen molar-refractivity contribution >= 4 is 36.0 Å².